The third-order valence-corrected chi connectivity index (χ3v) is 14.5. The van der Waals surface area contributed by atoms with Crippen LogP contribution in [0.3, 0.4) is 0 Å². The fraction of sp³-hybridized carbons (Fsp3) is 0.500. The van der Waals surface area contributed by atoms with Crippen LogP contribution in [0.25, 0.3) is 0 Å². The molecule has 18 heavy (non-hydrogen) atoms. The van der Waals surface area contributed by atoms with Crippen molar-refractivity contribution in [3.63, 3.8) is 0 Å². The van der Waals surface area contributed by atoms with Crippen molar-refractivity contribution in [3.8, 4) is 0 Å². The van der Waals surface area contributed by atoms with Crippen molar-refractivity contribution in [2.45, 2.75) is 39.3 Å². The van der Waals surface area contributed by atoms with Gasteiger partial charge in [-0.05, 0) is 5.19 Å². The van der Waals surface area contributed by atoms with E-state index in [2.05, 4.69) is 72.8 Å². The second kappa shape index (κ2) is 5.60. The molecule has 0 saturated carbocycles. The van der Waals surface area contributed by atoms with Crippen LogP contribution in [0, 0.1) is 0 Å². The summed E-state index contributed by atoms with van der Waals surface area (Å²) in [4.78, 5) is 0. The van der Waals surface area contributed by atoms with Gasteiger partial charge in [-0.1, -0.05) is 69.6 Å². The van der Waals surface area contributed by atoms with Crippen LogP contribution in [-0.4, -0.2) is 24.2 Å². The lowest BCUT2D eigenvalue weighted by molar-refractivity contribution is 1.24. The van der Waals surface area contributed by atoms with Crippen LogP contribution in [0.5, 0.6) is 0 Å². The molecule has 1 aromatic rings. The zero-order valence-electron chi connectivity index (χ0n) is 12.3. The highest BCUT2D eigenvalue weighted by Crippen LogP contribution is 2.11. The van der Waals surface area contributed by atoms with Crippen molar-refractivity contribution in [3.05, 3.63) is 30.3 Å². The number of halogens is 1. The Morgan fingerprint density at radius 3 is 1.50 bits per heavy atom. The molecular weight excluding hydrogens is 292 g/mol. The summed E-state index contributed by atoms with van der Waals surface area (Å²) in [6.07, 6.45) is 0. The molecule has 6 heteroatoms. The van der Waals surface area contributed by atoms with Gasteiger partial charge < -0.3 is 9.30 Å². The summed E-state index contributed by atoms with van der Waals surface area (Å²) in [6.45, 7) is 13.8. The first-order valence-corrected chi connectivity index (χ1v) is 16.4. The minimum Gasteiger partial charge on any atom is -0.332 e. The Bertz CT molecular complexity index is 369. The third kappa shape index (κ3) is 5.38. The Morgan fingerprint density at radius 2 is 1.17 bits per heavy atom. The van der Waals surface area contributed by atoms with Crippen molar-refractivity contribution in [1.29, 1.82) is 0 Å². The molecule has 0 aliphatic carbocycles. The molecule has 0 bridgehead atoms. The average Bonchev–Trinajstić information content (AvgIpc) is 2.13. The summed E-state index contributed by atoms with van der Waals surface area (Å²) >= 11 is 7.02. The fourth-order valence-electron chi connectivity index (χ4n) is 1.88. The highest BCUT2D eigenvalue weighted by Gasteiger charge is 2.41. The Hall–Kier alpha value is 0.0806. The van der Waals surface area contributed by atoms with Crippen LogP contribution in [-0.2, 0) is 0 Å². The van der Waals surface area contributed by atoms with E-state index in [-0.39, 0.29) is 0 Å². The predicted molar refractivity (Wildman–Crippen MR) is 90.6 cm³/mol. The molecule has 2 nitrogen and oxygen atoms in total. The van der Waals surface area contributed by atoms with E-state index in [1.54, 1.807) is 0 Å². The van der Waals surface area contributed by atoms with E-state index in [1.165, 1.54) is 5.19 Å². The lowest BCUT2D eigenvalue weighted by atomic mass is 10.4. The normalized spacial score (nSPS) is 13.7. The minimum atomic E-state index is -2.30. The second-order valence-electron chi connectivity index (χ2n) is 6.77. The van der Waals surface area contributed by atoms with Crippen molar-refractivity contribution >= 4 is 40.4 Å². The zero-order chi connectivity index (χ0) is 14.0. The van der Waals surface area contributed by atoms with Crippen molar-refractivity contribution in [2.75, 3.05) is 0 Å². The molecule has 102 valence electrons. The lowest BCUT2D eigenvalue weighted by Gasteiger charge is -2.37. The van der Waals surface area contributed by atoms with Crippen molar-refractivity contribution < 1.29 is 0 Å². The largest absolute Gasteiger partial charge is 0.332 e. The monoisotopic (exact) mass is 316 g/mol. The van der Waals surface area contributed by atoms with E-state index < -0.39 is 24.2 Å². The zero-order valence-corrected chi connectivity index (χ0v) is 16.0. The topological polar surface area (TPSA) is 24.1 Å². The first-order chi connectivity index (χ1) is 8.02. The van der Waals surface area contributed by atoms with E-state index in [4.69, 9.17) is 11.1 Å². The van der Waals surface area contributed by atoms with E-state index >= 15 is 0 Å². The molecule has 1 rings (SSSR count). The quantitative estimate of drug-likeness (QED) is 0.645. The smallest absolute Gasteiger partial charge is 0.322 e. The number of benzene rings is 1. The standard InChI is InChI=1S/C12H25ClN2Si3/c1-16(2,3)14-18(13,15-17(4,5)6)12-10-8-7-9-11-12/h7-11,14-15H,1-6H3. The summed E-state index contributed by atoms with van der Waals surface area (Å²) in [6, 6.07) is 10.5. The van der Waals surface area contributed by atoms with Gasteiger partial charge in [0.1, 0.15) is 16.5 Å². The molecule has 0 spiro atoms. The highest BCUT2D eigenvalue weighted by molar-refractivity contribution is 7.30. The van der Waals surface area contributed by atoms with E-state index in [0.29, 0.717) is 0 Å². The molecule has 0 radical (unpaired) electrons. The molecule has 0 aromatic heterocycles. The van der Waals surface area contributed by atoms with Gasteiger partial charge in [0.2, 0.25) is 0 Å². The third-order valence-electron chi connectivity index (χ3n) is 2.27. The average molecular weight is 317 g/mol. The lowest BCUT2D eigenvalue weighted by Crippen LogP contribution is -2.76. The molecule has 0 atom stereocenters. The number of hydrogen-bond donors (Lipinski definition) is 2. The van der Waals surface area contributed by atoms with E-state index in [1.807, 2.05) is 6.07 Å². The summed E-state index contributed by atoms with van der Waals surface area (Å²) in [5, 5.41) is 1.23. The first-order valence-electron chi connectivity index (χ1n) is 6.35. The molecule has 0 aliphatic heterocycles. The van der Waals surface area contributed by atoms with Gasteiger partial charge in [0, 0.05) is 0 Å². The van der Waals surface area contributed by atoms with Gasteiger partial charge in [-0.25, -0.2) is 0 Å². The summed E-state index contributed by atoms with van der Waals surface area (Å²) in [5.74, 6) is 0. The maximum atomic E-state index is 7.02. The molecule has 0 saturated heterocycles. The Morgan fingerprint density at radius 1 is 0.778 bits per heavy atom. The molecule has 1 aromatic carbocycles. The molecular formula is C12H25ClN2Si3. The van der Waals surface area contributed by atoms with Gasteiger partial charge in [0.15, 0.2) is 0 Å². The first kappa shape index (κ1) is 16.1. The van der Waals surface area contributed by atoms with Gasteiger partial charge in [-0.3, -0.25) is 0 Å². The van der Waals surface area contributed by atoms with Crippen LogP contribution >= 0.6 is 11.1 Å². The Balaban J connectivity index is 3.09. The summed E-state index contributed by atoms with van der Waals surface area (Å²) < 4.78 is 7.54. The van der Waals surface area contributed by atoms with Gasteiger partial charge in [-0.15, -0.1) is 11.1 Å². The maximum absolute atomic E-state index is 7.02. The number of nitrogens with one attached hydrogen (secondary N) is 2. The van der Waals surface area contributed by atoms with Crippen LogP contribution in [0.4, 0.5) is 0 Å². The van der Waals surface area contributed by atoms with Crippen molar-refractivity contribution in [1.82, 2.24) is 9.30 Å². The van der Waals surface area contributed by atoms with Gasteiger partial charge >= 0.3 is 7.71 Å². The van der Waals surface area contributed by atoms with E-state index in [0.717, 1.165) is 0 Å². The van der Waals surface area contributed by atoms with Crippen LogP contribution < -0.4 is 14.5 Å². The molecule has 0 aliphatic rings. The molecule has 0 heterocycles. The molecule has 2 N–H and O–H groups in total. The second-order valence-corrected chi connectivity index (χ2v) is 21.4. The molecule has 0 fully saturated rings. The van der Waals surface area contributed by atoms with Gasteiger partial charge in [0.05, 0.1) is 0 Å². The van der Waals surface area contributed by atoms with Crippen LogP contribution in [0.1, 0.15) is 0 Å². The van der Waals surface area contributed by atoms with E-state index in [9.17, 15) is 0 Å². The Kier molecular flexibility index (Phi) is 5.02. The SMILES string of the molecule is C[Si](C)(C)N[Si](Cl)(N[Si](C)(C)C)c1ccccc1. The van der Waals surface area contributed by atoms with Crippen molar-refractivity contribution in [2.24, 2.45) is 0 Å². The Labute approximate surface area is 119 Å². The predicted octanol–water partition coefficient (Wildman–Crippen LogP) is 2.92. The minimum absolute atomic E-state index is 1.23. The fourth-order valence-corrected chi connectivity index (χ4v) is 18.2. The maximum Gasteiger partial charge on any atom is 0.322 e. The number of rotatable bonds is 5. The van der Waals surface area contributed by atoms with Gasteiger partial charge in [0.25, 0.3) is 0 Å². The highest BCUT2D eigenvalue weighted by atomic mass is 35.6. The van der Waals surface area contributed by atoms with Crippen LogP contribution in [0.2, 0.25) is 39.3 Å². The summed E-state index contributed by atoms with van der Waals surface area (Å²) in [5.41, 5.74) is 0. The number of hydrogen-bond acceptors (Lipinski definition) is 2. The summed E-state index contributed by atoms with van der Waals surface area (Å²) in [7, 11) is -5.17. The van der Waals surface area contributed by atoms with Crippen LogP contribution in [0.15, 0.2) is 30.3 Å². The molecule has 0 amide bonds. The van der Waals surface area contributed by atoms with Gasteiger partial charge in [-0.2, -0.15) is 0 Å². The molecule has 0 unspecified atom stereocenters.